The van der Waals surface area contributed by atoms with Crippen molar-refractivity contribution in [2.75, 3.05) is 6.54 Å². The van der Waals surface area contributed by atoms with Gasteiger partial charge in [0.25, 0.3) is 0 Å². The molecule has 0 fully saturated rings. The predicted molar refractivity (Wildman–Crippen MR) is 81.9 cm³/mol. The number of hydrogen-bond donors (Lipinski definition) is 1. The summed E-state index contributed by atoms with van der Waals surface area (Å²) >= 11 is 0. The van der Waals surface area contributed by atoms with Crippen molar-refractivity contribution in [3.05, 3.63) is 41.8 Å². The van der Waals surface area contributed by atoms with Crippen molar-refractivity contribution < 1.29 is 4.52 Å². The van der Waals surface area contributed by atoms with Crippen LogP contribution in [-0.4, -0.2) is 21.7 Å². The van der Waals surface area contributed by atoms with Crippen LogP contribution >= 0.6 is 0 Å². The molecule has 0 spiro atoms. The number of para-hydroxylation sites is 1. The van der Waals surface area contributed by atoms with E-state index >= 15 is 0 Å². The van der Waals surface area contributed by atoms with Crippen molar-refractivity contribution in [3.8, 4) is 11.5 Å². The first-order valence-electron chi connectivity index (χ1n) is 7.13. The third-order valence-corrected chi connectivity index (χ3v) is 3.72. The first kappa shape index (κ1) is 13.7. The number of benzene rings is 1. The maximum atomic E-state index is 5.72. The number of fused-ring (bicyclic) bond motifs is 1. The van der Waals surface area contributed by atoms with E-state index in [0.29, 0.717) is 18.3 Å². The Kier molecular flexibility index (Phi) is 3.66. The van der Waals surface area contributed by atoms with Gasteiger partial charge >= 0.3 is 0 Å². The van der Waals surface area contributed by atoms with Gasteiger partial charge in [-0.25, -0.2) is 4.98 Å². The SMILES string of the molecule is CCC(CN)c1nc(-c2cc(C)c3ccccc3n2)no1. The van der Waals surface area contributed by atoms with Crippen LogP contribution in [0.3, 0.4) is 0 Å². The molecule has 2 heterocycles. The number of nitrogens with two attached hydrogens (primary N) is 1. The van der Waals surface area contributed by atoms with Gasteiger partial charge in [-0.05, 0) is 31.0 Å². The lowest BCUT2D eigenvalue weighted by Crippen LogP contribution is -2.11. The molecule has 0 aliphatic carbocycles. The maximum absolute atomic E-state index is 5.72. The Bertz CT molecular complexity index is 762. The minimum absolute atomic E-state index is 0.104. The smallest absolute Gasteiger partial charge is 0.231 e. The molecule has 1 atom stereocenters. The number of pyridine rings is 1. The molecule has 5 heteroatoms. The van der Waals surface area contributed by atoms with Crippen LogP contribution in [0.15, 0.2) is 34.9 Å². The van der Waals surface area contributed by atoms with Crippen LogP contribution < -0.4 is 5.73 Å². The summed E-state index contributed by atoms with van der Waals surface area (Å²) in [5.41, 5.74) is 8.53. The largest absolute Gasteiger partial charge is 0.339 e. The quantitative estimate of drug-likeness (QED) is 0.795. The molecule has 5 nitrogen and oxygen atoms in total. The summed E-state index contributed by atoms with van der Waals surface area (Å²) in [6, 6.07) is 10.0. The molecule has 1 unspecified atom stereocenters. The number of aryl methyl sites for hydroxylation is 1. The maximum Gasteiger partial charge on any atom is 0.231 e. The lowest BCUT2D eigenvalue weighted by molar-refractivity contribution is 0.351. The van der Waals surface area contributed by atoms with E-state index in [1.165, 1.54) is 0 Å². The van der Waals surface area contributed by atoms with E-state index in [9.17, 15) is 0 Å². The fourth-order valence-corrected chi connectivity index (χ4v) is 2.41. The van der Waals surface area contributed by atoms with E-state index in [2.05, 4.69) is 35.0 Å². The molecule has 0 bridgehead atoms. The summed E-state index contributed by atoms with van der Waals surface area (Å²) in [5, 5.41) is 5.18. The first-order chi connectivity index (χ1) is 10.2. The van der Waals surface area contributed by atoms with Crippen LogP contribution in [-0.2, 0) is 0 Å². The van der Waals surface area contributed by atoms with E-state index < -0.39 is 0 Å². The molecule has 108 valence electrons. The summed E-state index contributed by atoms with van der Waals surface area (Å²) in [4.78, 5) is 9.06. The highest BCUT2D eigenvalue weighted by atomic mass is 16.5. The summed E-state index contributed by atoms with van der Waals surface area (Å²) in [6.45, 7) is 4.62. The highest BCUT2D eigenvalue weighted by Crippen LogP contribution is 2.24. The zero-order chi connectivity index (χ0) is 14.8. The van der Waals surface area contributed by atoms with Crippen molar-refractivity contribution in [1.82, 2.24) is 15.1 Å². The Balaban J connectivity index is 2.04. The summed E-state index contributed by atoms with van der Waals surface area (Å²) in [6.07, 6.45) is 0.877. The molecule has 0 saturated carbocycles. The second-order valence-electron chi connectivity index (χ2n) is 5.14. The van der Waals surface area contributed by atoms with E-state index in [1.54, 1.807) is 0 Å². The third-order valence-electron chi connectivity index (χ3n) is 3.72. The lowest BCUT2D eigenvalue weighted by Gasteiger charge is -2.04. The average Bonchev–Trinajstić information content (AvgIpc) is 2.98. The molecule has 2 N–H and O–H groups in total. The molecule has 0 radical (unpaired) electrons. The number of rotatable bonds is 4. The molecule has 1 aromatic carbocycles. The Morgan fingerprint density at radius 1 is 1.24 bits per heavy atom. The van der Waals surface area contributed by atoms with Gasteiger partial charge in [-0.2, -0.15) is 4.98 Å². The zero-order valence-electron chi connectivity index (χ0n) is 12.2. The van der Waals surface area contributed by atoms with Gasteiger partial charge in [-0.15, -0.1) is 0 Å². The number of nitrogens with zero attached hydrogens (tertiary/aromatic N) is 3. The number of aromatic nitrogens is 3. The van der Waals surface area contributed by atoms with Gasteiger partial charge < -0.3 is 10.3 Å². The van der Waals surface area contributed by atoms with E-state index in [-0.39, 0.29) is 5.92 Å². The fourth-order valence-electron chi connectivity index (χ4n) is 2.41. The normalized spacial score (nSPS) is 12.7. The Morgan fingerprint density at radius 3 is 2.81 bits per heavy atom. The summed E-state index contributed by atoms with van der Waals surface area (Å²) in [7, 11) is 0. The minimum atomic E-state index is 0.104. The highest BCUT2D eigenvalue weighted by Gasteiger charge is 2.17. The van der Waals surface area contributed by atoms with E-state index in [0.717, 1.165) is 28.6 Å². The second kappa shape index (κ2) is 5.61. The molecular weight excluding hydrogens is 264 g/mol. The van der Waals surface area contributed by atoms with Gasteiger partial charge in [0.15, 0.2) is 0 Å². The Morgan fingerprint density at radius 2 is 2.05 bits per heavy atom. The van der Waals surface area contributed by atoms with Gasteiger partial charge in [0.1, 0.15) is 5.69 Å². The van der Waals surface area contributed by atoms with Gasteiger partial charge in [0.2, 0.25) is 11.7 Å². The van der Waals surface area contributed by atoms with Gasteiger partial charge in [0, 0.05) is 11.9 Å². The third kappa shape index (κ3) is 2.52. The zero-order valence-corrected chi connectivity index (χ0v) is 12.2. The Labute approximate surface area is 123 Å². The monoisotopic (exact) mass is 282 g/mol. The van der Waals surface area contributed by atoms with Gasteiger partial charge in [-0.1, -0.05) is 30.3 Å². The highest BCUT2D eigenvalue weighted by molar-refractivity contribution is 5.84. The van der Waals surface area contributed by atoms with Crippen LogP contribution in [0.4, 0.5) is 0 Å². The van der Waals surface area contributed by atoms with Crippen molar-refractivity contribution in [3.63, 3.8) is 0 Å². The van der Waals surface area contributed by atoms with Crippen LogP contribution in [0.5, 0.6) is 0 Å². The molecule has 3 rings (SSSR count). The predicted octanol–water partition coefficient (Wildman–Crippen LogP) is 3.05. The van der Waals surface area contributed by atoms with Crippen molar-refractivity contribution in [2.45, 2.75) is 26.2 Å². The van der Waals surface area contributed by atoms with Crippen LogP contribution in [0.1, 0.15) is 30.7 Å². The molecule has 3 aromatic rings. The molecule has 2 aromatic heterocycles. The Hall–Kier alpha value is -2.27. The van der Waals surface area contributed by atoms with E-state index in [1.807, 2.05) is 24.3 Å². The second-order valence-corrected chi connectivity index (χ2v) is 5.14. The van der Waals surface area contributed by atoms with Crippen LogP contribution in [0, 0.1) is 6.92 Å². The molecule has 21 heavy (non-hydrogen) atoms. The molecule has 0 saturated heterocycles. The van der Waals surface area contributed by atoms with Crippen molar-refractivity contribution in [2.24, 2.45) is 5.73 Å². The first-order valence-corrected chi connectivity index (χ1v) is 7.13. The topological polar surface area (TPSA) is 77.8 Å². The minimum Gasteiger partial charge on any atom is -0.339 e. The summed E-state index contributed by atoms with van der Waals surface area (Å²) in [5.74, 6) is 1.21. The van der Waals surface area contributed by atoms with Crippen molar-refractivity contribution in [1.29, 1.82) is 0 Å². The van der Waals surface area contributed by atoms with Crippen LogP contribution in [0.2, 0.25) is 0 Å². The molecular formula is C16H18N4O. The van der Waals surface area contributed by atoms with Gasteiger partial charge in [0.05, 0.1) is 11.4 Å². The van der Waals surface area contributed by atoms with E-state index in [4.69, 9.17) is 10.3 Å². The molecule has 0 amide bonds. The van der Waals surface area contributed by atoms with Crippen LogP contribution in [0.25, 0.3) is 22.4 Å². The standard InChI is InChI=1S/C16H18N4O/c1-3-11(9-17)16-19-15(20-21-16)14-8-10(2)12-6-4-5-7-13(12)18-14/h4-8,11H,3,9,17H2,1-2H3. The molecule has 0 aliphatic heterocycles. The summed E-state index contributed by atoms with van der Waals surface area (Å²) < 4.78 is 5.33. The number of hydrogen-bond acceptors (Lipinski definition) is 5. The van der Waals surface area contributed by atoms with Gasteiger partial charge in [-0.3, -0.25) is 0 Å². The average molecular weight is 282 g/mol. The fraction of sp³-hybridized carbons (Fsp3) is 0.312. The molecule has 0 aliphatic rings. The lowest BCUT2D eigenvalue weighted by atomic mass is 10.1. The van der Waals surface area contributed by atoms with Crippen molar-refractivity contribution >= 4 is 10.9 Å².